The van der Waals surface area contributed by atoms with Crippen molar-refractivity contribution in [3.63, 3.8) is 0 Å². The first kappa shape index (κ1) is 19.2. The van der Waals surface area contributed by atoms with E-state index < -0.39 is 0 Å². The van der Waals surface area contributed by atoms with Crippen LogP contribution in [0.25, 0.3) is 0 Å². The molecule has 0 spiro atoms. The van der Waals surface area contributed by atoms with Gasteiger partial charge in [-0.3, -0.25) is 4.99 Å². The van der Waals surface area contributed by atoms with E-state index in [4.69, 9.17) is 0 Å². The molecule has 0 aromatic heterocycles. The highest BCUT2D eigenvalue weighted by Gasteiger charge is 2.11. The molecule has 1 fully saturated rings. The Morgan fingerprint density at radius 1 is 1.05 bits per heavy atom. The first-order valence-electron chi connectivity index (χ1n) is 8.97. The summed E-state index contributed by atoms with van der Waals surface area (Å²) >= 11 is 0. The van der Waals surface area contributed by atoms with Crippen LogP contribution in [0, 0.1) is 5.92 Å². The third-order valence-electron chi connectivity index (χ3n) is 4.26. The van der Waals surface area contributed by atoms with Crippen molar-refractivity contribution < 1.29 is 0 Å². The van der Waals surface area contributed by atoms with Crippen molar-refractivity contribution >= 4 is 5.96 Å². The van der Waals surface area contributed by atoms with Gasteiger partial charge < -0.3 is 20.4 Å². The monoisotopic (exact) mass is 311 g/mol. The predicted octanol–water partition coefficient (Wildman–Crippen LogP) is 1.62. The van der Waals surface area contributed by atoms with E-state index in [1.54, 1.807) is 0 Å². The second-order valence-corrected chi connectivity index (χ2v) is 6.81. The topological polar surface area (TPSA) is 42.9 Å². The van der Waals surface area contributed by atoms with Gasteiger partial charge in [-0.2, -0.15) is 0 Å². The van der Waals surface area contributed by atoms with Crippen LogP contribution >= 0.6 is 0 Å². The molecule has 1 aliphatic rings. The van der Waals surface area contributed by atoms with Crippen molar-refractivity contribution in [3.05, 3.63) is 0 Å². The minimum Gasteiger partial charge on any atom is -0.356 e. The molecule has 1 rings (SSSR count). The number of hydrogen-bond acceptors (Lipinski definition) is 3. The number of guanidine groups is 1. The number of nitrogens with one attached hydrogen (secondary N) is 2. The lowest BCUT2D eigenvalue weighted by Crippen LogP contribution is -2.42. The zero-order chi connectivity index (χ0) is 16.2. The molecule has 22 heavy (non-hydrogen) atoms. The number of hydrogen-bond donors (Lipinski definition) is 2. The Bertz CT molecular complexity index is 303. The maximum atomic E-state index is 4.30. The normalized spacial score (nSPS) is 18.5. The highest BCUT2D eigenvalue weighted by atomic mass is 15.2. The summed E-state index contributed by atoms with van der Waals surface area (Å²) < 4.78 is 0. The summed E-state index contributed by atoms with van der Waals surface area (Å²) in [6, 6.07) is 0. The molecule has 1 saturated heterocycles. The van der Waals surface area contributed by atoms with E-state index in [1.807, 2.05) is 7.05 Å². The Morgan fingerprint density at radius 2 is 1.82 bits per heavy atom. The van der Waals surface area contributed by atoms with Crippen LogP contribution < -0.4 is 10.6 Å². The van der Waals surface area contributed by atoms with Crippen LogP contribution in [-0.2, 0) is 0 Å². The van der Waals surface area contributed by atoms with Crippen LogP contribution in [0.1, 0.15) is 39.5 Å². The summed E-state index contributed by atoms with van der Waals surface area (Å²) in [7, 11) is 4.07. The SMILES string of the molecule is CN=C(NCCCCC(C)C)NCCN1CCCN(C)CC1. The molecule has 130 valence electrons. The average molecular weight is 312 g/mol. The number of rotatable bonds is 8. The van der Waals surface area contributed by atoms with Crippen molar-refractivity contribution in [3.8, 4) is 0 Å². The summed E-state index contributed by atoms with van der Waals surface area (Å²) in [5, 5.41) is 6.84. The quantitative estimate of drug-likeness (QED) is 0.406. The van der Waals surface area contributed by atoms with Crippen LogP contribution in [0.3, 0.4) is 0 Å². The van der Waals surface area contributed by atoms with Gasteiger partial charge in [0.05, 0.1) is 0 Å². The first-order chi connectivity index (χ1) is 10.6. The van der Waals surface area contributed by atoms with Crippen molar-refractivity contribution in [1.82, 2.24) is 20.4 Å². The van der Waals surface area contributed by atoms with Crippen molar-refractivity contribution in [2.75, 3.05) is 59.9 Å². The molecule has 0 unspecified atom stereocenters. The molecule has 1 heterocycles. The molecule has 0 atom stereocenters. The third-order valence-corrected chi connectivity index (χ3v) is 4.26. The molecule has 5 heteroatoms. The second-order valence-electron chi connectivity index (χ2n) is 6.81. The Labute approximate surface area is 137 Å². The van der Waals surface area contributed by atoms with E-state index >= 15 is 0 Å². The maximum Gasteiger partial charge on any atom is 0.191 e. The lowest BCUT2D eigenvalue weighted by atomic mass is 10.1. The van der Waals surface area contributed by atoms with Gasteiger partial charge in [-0.15, -0.1) is 0 Å². The fraction of sp³-hybridized carbons (Fsp3) is 0.941. The molecule has 0 bridgehead atoms. The Balaban J connectivity index is 2.08. The molecule has 2 N–H and O–H groups in total. The number of aliphatic imine (C=N–C) groups is 1. The summed E-state index contributed by atoms with van der Waals surface area (Å²) in [4.78, 5) is 9.27. The van der Waals surface area contributed by atoms with E-state index in [0.717, 1.165) is 31.5 Å². The van der Waals surface area contributed by atoms with Gasteiger partial charge in [-0.1, -0.05) is 26.7 Å². The van der Waals surface area contributed by atoms with E-state index in [0.29, 0.717) is 0 Å². The fourth-order valence-corrected chi connectivity index (χ4v) is 2.76. The second kappa shape index (κ2) is 11.7. The van der Waals surface area contributed by atoms with Gasteiger partial charge in [0, 0.05) is 39.8 Å². The summed E-state index contributed by atoms with van der Waals surface area (Å²) in [6.45, 7) is 12.5. The molecular weight excluding hydrogens is 274 g/mol. The van der Waals surface area contributed by atoms with Gasteiger partial charge >= 0.3 is 0 Å². The zero-order valence-electron chi connectivity index (χ0n) is 15.2. The van der Waals surface area contributed by atoms with E-state index in [2.05, 4.69) is 46.3 Å². The van der Waals surface area contributed by atoms with Gasteiger partial charge in [0.15, 0.2) is 5.96 Å². The number of unbranched alkanes of at least 4 members (excludes halogenated alkanes) is 1. The molecule has 0 radical (unpaired) electrons. The van der Waals surface area contributed by atoms with Crippen LogP contribution in [0.4, 0.5) is 0 Å². The standard InChI is InChI=1S/C17H37N5/c1-16(2)8-5-6-9-19-17(18-3)20-10-13-22-12-7-11-21(4)14-15-22/h16H,5-15H2,1-4H3,(H2,18,19,20). The number of likely N-dealkylation sites (N-methyl/N-ethyl adjacent to an activating group) is 1. The molecular formula is C17H37N5. The van der Waals surface area contributed by atoms with Crippen molar-refractivity contribution in [1.29, 1.82) is 0 Å². The molecule has 0 aliphatic carbocycles. The minimum atomic E-state index is 0.810. The lowest BCUT2D eigenvalue weighted by Gasteiger charge is -2.21. The Morgan fingerprint density at radius 3 is 2.55 bits per heavy atom. The maximum absolute atomic E-state index is 4.30. The minimum absolute atomic E-state index is 0.810. The molecule has 0 aromatic carbocycles. The van der Waals surface area contributed by atoms with Crippen LogP contribution in [0.5, 0.6) is 0 Å². The smallest absolute Gasteiger partial charge is 0.191 e. The van der Waals surface area contributed by atoms with Gasteiger partial charge in [-0.25, -0.2) is 0 Å². The van der Waals surface area contributed by atoms with Gasteiger partial charge in [0.2, 0.25) is 0 Å². The number of nitrogens with zero attached hydrogens (tertiary/aromatic N) is 3. The largest absolute Gasteiger partial charge is 0.356 e. The average Bonchev–Trinajstić information content (AvgIpc) is 2.69. The summed E-state index contributed by atoms with van der Waals surface area (Å²) in [6.07, 6.45) is 5.11. The lowest BCUT2D eigenvalue weighted by molar-refractivity contribution is 0.280. The van der Waals surface area contributed by atoms with Crippen molar-refractivity contribution in [2.24, 2.45) is 10.9 Å². The molecule has 0 aromatic rings. The summed E-state index contributed by atoms with van der Waals surface area (Å²) in [5.74, 6) is 1.75. The third kappa shape index (κ3) is 9.26. The molecule has 1 aliphatic heterocycles. The molecule has 0 amide bonds. The fourth-order valence-electron chi connectivity index (χ4n) is 2.76. The Kier molecular flexibility index (Phi) is 10.2. The van der Waals surface area contributed by atoms with E-state index in [1.165, 1.54) is 51.9 Å². The van der Waals surface area contributed by atoms with Gasteiger partial charge in [0.25, 0.3) is 0 Å². The Hall–Kier alpha value is -0.810. The molecule has 0 saturated carbocycles. The predicted molar refractivity (Wildman–Crippen MR) is 96.6 cm³/mol. The summed E-state index contributed by atoms with van der Waals surface area (Å²) in [5.41, 5.74) is 0. The van der Waals surface area contributed by atoms with Crippen LogP contribution in [-0.4, -0.2) is 75.7 Å². The highest BCUT2D eigenvalue weighted by Crippen LogP contribution is 2.05. The molecule has 5 nitrogen and oxygen atoms in total. The van der Waals surface area contributed by atoms with E-state index in [9.17, 15) is 0 Å². The van der Waals surface area contributed by atoms with Gasteiger partial charge in [0.1, 0.15) is 0 Å². The van der Waals surface area contributed by atoms with Gasteiger partial charge in [-0.05, 0) is 38.9 Å². The highest BCUT2D eigenvalue weighted by molar-refractivity contribution is 5.79. The van der Waals surface area contributed by atoms with Crippen LogP contribution in [0.2, 0.25) is 0 Å². The van der Waals surface area contributed by atoms with Crippen LogP contribution in [0.15, 0.2) is 4.99 Å². The first-order valence-corrected chi connectivity index (χ1v) is 8.97. The van der Waals surface area contributed by atoms with Crippen molar-refractivity contribution in [2.45, 2.75) is 39.5 Å². The van der Waals surface area contributed by atoms with E-state index in [-0.39, 0.29) is 0 Å². The zero-order valence-corrected chi connectivity index (χ0v) is 15.2.